The Balaban J connectivity index is 3.55. The van der Waals surface area contributed by atoms with Crippen molar-refractivity contribution in [2.24, 2.45) is 0 Å². The van der Waals surface area contributed by atoms with Crippen molar-refractivity contribution in [1.82, 2.24) is 5.32 Å². The maximum Gasteiger partial charge on any atom is 0.220 e. The van der Waals surface area contributed by atoms with E-state index in [1.54, 1.807) is 6.92 Å². The van der Waals surface area contributed by atoms with E-state index in [1.807, 2.05) is 6.92 Å². The van der Waals surface area contributed by atoms with Crippen LogP contribution in [0.4, 0.5) is 0 Å². The molecular formula is C8H16NO4S-. The van der Waals surface area contributed by atoms with Crippen LogP contribution in [-0.4, -0.2) is 27.3 Å². The first-order valence-electron chi connectivity index (χ1n) is 4.58. The number of rotatable bonds is 7. The van der Waals surface area contributed by atoms with Gasteiger partial charge in [0.2, 0.25) is 5.91 Å². The molecule has 84 valence electrons. The molecule has 0 aromatic rings. The number of nitrogens with one attached hydrogen (secondary N) is 1. The van der Waals surface area contributed by atoms with Gasteiger partial charge in [-0.25, -0.2) is 4.21 Å². The summed E-state index contributed by atoms with van der Waals surface area (Å²) >= 11 is -2.51. The molecule has 0 aromatic carbocycles. The van der Waals surface area contributed by atoms with Gasteiger partial charge in [-0.3, -0.25) is 8.98 Å². The number of hydrogen-bond acceptors (Lipinski definition) is 4. The van der Waals surface area contributed by atoms with Crippen LogP contribution in [0.5, 0.6) is 0 Å². The lowest BCUT2D eigenvalue weighted by Crippen LogP contribution is -2.35. The number of carbonyl (C=O) groups excluding carboxylic acids is 1. The molecule has 6 heteroatoms. The van der Waals surface area contributed by atoms with Gasteiger partial charge in [-0.2, -0.15) is 0 Å². The van der Waals surface area contributed by atoms with Gasteiger partial charge in [0.1, 0.15) is 0 Å². The fraction of sp³-hybridized carbons (Fsp3) is 0.875. The molecule has 0 aromatic heterocycles. The Morgan fingerprint density at radius 1 is 1.64 bits per heavy atom. The minimum Gasteiger partial charge on any atom is -0.750 e. The Kier molecular flexibility index (Phi) is 7.64. The molecule has 0 heterocycles. The summed E-state index contributed by atoms with van der Waals surface area (Å²) in [4.78, 5) is 11.1. The third-order valence-corrected chi connectivity index (χ3v) is 1.91. The fourth-order valence-electron chi connectivity index (χ4n) is 0.884. The van der Waals surface area contributed by atoms with Crippen LogP contribution in [0.1, 0.15) is 33.1 Å². The minimum atomic E-state index is -2.51. The normalized spacial score (nSPS) is 14.8. The van der Waals surface area contributed by atoms with Gasteiger partial charge in [-0.1, -0.05) is 13.3 Å². The molecule has 0 saturated carbocycles. The predicted octanol–water partition coefficient (Wildman–Crippen LogP) is 0.492. The van der Waals surface area contributed by atoms with E-state index in [1.165, 1.54) is 0 Å². The molecule has 0 aliphatic heterocycles. The van der Waals surface area contributed by atoms with E-state index in [4.69, 9.17) is 0 Å². The van der Waals surface area contributed by atoms with Gasteiger partial charge in [0.15, 0.2) is 0 Å². The lowest BCUT2D eigenvalue weighted by molar-refractivity contribution is -0.122. The summed E-state index contributed by atoms with van der Waals surface area (Å²) in [7, 11) is 0. The molecule has 0 aliphatic carbocycles. The molecule has 0 radical (unpaired) electrons. The van der Waals surface area contributed by atoms with Gasteiger partial charge in [0.05, 0.1) is 24.0 Å². The summed E-state index contributed by atoms with van der Waals surface area (Å²) in [5.74, 6) is -0.0698. The van der Waals surface area contributed by atoms with Crippen LogP contribution in [0.3, 0.4) is 0 Å². The van der Waals surface area contributed by atoms with Crippen molar-refractivity contribution in [3.05, 3.63) is 0 Å². The second-order valence-corrected chi connectivity index (χ2v) is 3.70. The molecule has 0 spiro atoms. The monoisotopic (exact) mass is 222 g/mol. The van der Waals surface area contributed by atoms with Crippen LogP contribution in [0.2, 0.25) is 0 Å². The van der Waals surface area contributed by atoms with E-state index < -0.39 is 11.4 Å². The van der Waals surface area contributed by atoms with Crippen molar-refractivity contribution in [2.75, 3.05) is 6.61 Å². The van der Waals surface area contributed by atoms with E-state index in [-0.39, 0.29) is 18.6 Å². The Morgan fingerprint density at radius 2 is 2.29 bits per heavy atom. The molecule has 2 atom stereocenters. The third-order valence-electron chi connectivity index (χ3n) is 1.58. The Hall–Kier alpha value is -0.460. The molecule has 0 bridgehead atoms. The van der Waals surface area contributed by atoms with Crippen LogP contribution >= 0.6 is 0 Å². The lowest BCUT2D eigenvalue weighted by Gasteiger charge is -2.14. The van der Waals surface area contributed by atoms with Crippen molar-refractivity contribution in [2.45, 2.75) is 39.2 Å². The van der Waals surface area contributed by atoms with Crippen molar-refractivity contribution < 1.29 is 17.7 Å². The van der Waals surface area contributed by atoms with Crippen molar-refractivity contribution in [3.63, 3.8) is 0 Å². The second-order valence-electron chi connectivity index (χ2n) is 3.06. The highest BCUT2D eigenvalue weighted by atomic mass is 32.2. The highest BCUT2D eigenvalue weighted by Gasteiger charge is 2.06. The first kappa shape index (κ1) is 13.5. The van der Waals surface area contributed by atoms with E-state index in [2.05, 4.69) is 9.50 Å². The molecule has 0 aliphatic rings. The standard InChI is InChI=1S/C8H17NO4S/c1-3-4-5-8(10)9-7(2)6-13-14(11)12/h7H,3-6H2,1-2H3,(H,9,10)(H,11,12)/p-1. The van der Waals surface area contributed by atoms with E-state index in [0.29, 0.717) is 6.42 Å². The Morgan fingerprint density at radius 3 is 2.79 bits per heavy atom. The summed E-state index contributed by atoms with van der Waals surface area (Å²) in [5, 5.41) is 2.63. The van der Waals surface area contributed by atoms with Crippen molar-refractivity contribution >= 4 is 17.3 Å². The molecule has 14 heavy (non-hydrogen) atoms. The van der Waals surface area contributed by atoms with Gasteiger partial charge >= 0.3 is 0 Å². The molecule has 0 fully saturated rings. The predicted molar refractivity (Wildman–Crippen MR) is 52.0 cm³/mol. The zero-order valence-corrected chi connectivity index (χ0v) is 9.26. The van der Waals surface area contributed by atoms with Crippen molar-refractivity contribution in [3.8, 4) is 0 Å². The summed E-state index contributed by atoms with van der Waals surface area (Å²) in [6.07, 6.45) is 2.27. The molecule has 0 saturated heterocycles. The molecule has 0 rings (SSSR count). The zero-order chi connectivity index (χ0) is 11.0. The molecular weight excluding hydrogens is 206 g/mol. The van der Waals surface area contributed by atoms with Gasteiger partial charge in [0.25, 0.3) is 0 Å². The highest BCUT2D eigenvalue weighted by Crippen LogP contribution is 1.95. The number of amides is 1. The van der Waals surface area contributed by atoms with Gasteiger partial charge in [-0.15, -0.1) is 0 Å². The van der Waals surface area contributed by atoms with Crippen LogP contribution < -0.4 is 5.32 Å². The second kappa shape index (κ2) is 7.90. The van der Waals surface area contributed by atoms with Crippen LogP contribution in [-0.2, 0) is 20.3 Å². The average molecular weight is 222 g/mol. The smallest absolute Gasteiger partial charge is 0.220 e. The lowest BCUT2D eigenvalue weighted by atomic mass is 10.2. The summed E-state index contributed by atoms with van der Waals surface area (Å²) in [6.45, 7) is 3.67. The minimum absolute atomic E-state index is 0.0199. The quantitative estimate of drug-likeness (QED) is 0.636. The van der Waals surface area contributed by atoms with E-state index >= 15 is 0 Å². The Bertz CT molecular complexity index is 198. The van der Waals surface area contributed by atoms with Crippen molar-refractivity contribution in [1.29, 1.82) is 0 Å². The first-order valence-corrected chi connectivity index (χ1v) is 5.58. The van der Waals surface area contributed by atoms with E-state index in [9.17, 15) is 13.6 Å². The number of carbonyl (C=O) groups is 1. The van der Waals surface area contributed by atoms with Crippen LogP contribution in [0.25, 0.3) is 0 Å². The number of hydrogen-bond donors (Lipinski definition) is 1. The fourth-order valence-corrected chi connectivity index (χ4v) is 1.20. The summed E-state index contributed by atoms with van der Waals surface area (Å²) in [6, 6.07) is -0.280. The summed E-state index contributed by atoms with van der Waals surface area (Å²) in [5.41, 5.74) is 0. The molecule has 5 nitrogen and oxygen atoms in total. The largest absolute Gasteiger partial charge is 0.750 e. The number of unbranched alkanes of at least 4 members (excludes halogenated alkanes) is 1. The molecule has 1 N–H and O–H groups in total. The van der Waals surface area contributed by atoms with Crippen LogP contribution in [0, 0.1) is 0 Å². The first-order chi connectivity index (χ1) is 6.56. The third kappa shape index (κ3) is 8.15. The highest BCUT2D eigenvalue weighted by molar-refractivity contribution is 7.74. The summed E-state index contributed by atoms with van der Waals surface area (Å²) < 4.78 is 24.4. The maximum absolute atomic E-state index is 11.1. The average Bonchev–Trinajstić information content (AvgIpc) is 2.11. The maximum atomic E-state index is 11.1. The van der Waals surface area contributed by atoms with Gasteiger partial charge in [-0.05, 0) is 13.3 Å². The Labute approximate surface area is 86.7 Å². The van der Waals surface area contributed by atoms with Gasteiger partial charge in [0, 0.05) is 6.42 Å². The molecule has 2 unspecified atom stereocenters. The topological polar surface area (TPSA) is 78.5 Å². The van der Waals surface area contributed by atoms with Gasteiger partial charge < -0.3 is 9.87 Å². The SMILES string of the molecule is CCCCC(=O)NC(C)COS(=O)[O-]. The zero-order valence-electron chi connectivity index (χ0n) is 8.45. The molecule has 1 amide bonds. The van der Waals surface area contributed by atoms with Crippen LogP contribution in [0.15, 0.2) is 0 Å². The van der Waals surface area contributed by atoms with E-state index in [0.717, 1.165) is 12.8 Å².